The summed E-state index contributed by atoms with van der Waals surface area (Å²) in [7, 11) is 1.45. The number of amides is 2. The Bertz CT molecular complexity index is 461. The maximum absolute atomic E-state index is 12.3. The standard InChI is InChI=1S/C14H18N2O3/c1-10-8-12(15-13(17)9-19-2)14(18)16(10)11-6-4-3-5-7-11/h3-7,10,12H,8-9H2,1-2H3,(H,15,17)/t10-,12+/m1/s1. The van der Waals surface area contributed by atoms with E-state index in [0.717, 1.165) is 5.69 Å². The quantitative estimate of drug-likeness (QED) is 0.878. The molecular formula is C14H18N2O3. The van der Waals surface area contributed by atoms with Gasteiger partial charge in [0, 0.05) is 18.8 Å². The number of hydrogen-bond acceptors (Lipinski definition) is 3. The van der Waals surface area contributed by atoms with Crippen LogP contribution < -0.4 is 10.2 Å². The van der Waals surface area contributed by atoms with Crippen LogP contribution in [0.3, 0.4) is 0 Å². The summed E-state index contributed by atoms with van der Waals surface area (Å²) in [5.74, 6) is -0.328. The van der Waals surface area contributed by atoms with Crippen molar-refractivity contribution in [2.45, 2.75) is 25.4 Å². The number of anilines is 1. The lowest BCUT2D eigenvalue weighted by Crippen LogP contribution is -2.43. The lowest BCUT2D eigenvalue weighted by molar-refractivity contribution is -0.128. The first-order chi connectivity index (χ1) is 9.13. The van der Waals surface area contributed by atoms with Crippen molar-refractivity contribution in [3.63, 3.8) is 0 Å². The molecule has 1 aromatic rings. The third-order valence-electron chi connectivity index (χ3n) is 3.20. The molecule has 0 aromatic heterocycles. The van der Waals surface area contributed by atoms with Gasteiger partial charge < -0.3 is 15.0 Å². The van der Waals surface area contributed by atoms with E-state index in [1.165, 1.54) is 7.11 Å². The molecule has 1 aromatic carbocycles. The van der Waals surface area contributed by atoms with Crippen LogP contribution >= 0.6 is 0 Å². The molecule has 1 aliphatic rings. The lowest BCUT2D eigenvalue weighted by atomic mass is 10.2. The van der Waals surface area contributed by atoms with Gasteiger partial charge in [-0.2, -0.15) is 0 Å². The summed E-state index contributed by atoms with van der Waals surface area (Å²) in [6.07, 6.45) is 0.614. The average molecular weight is 262 g/mol. The molecule has 5 heteroatoms. The normalized spacial score (nSPS) is 22.6. The summed E-state index contributed by atoms with van der Waals surface area (Å²) in [6.45, 7) is 1.96. The Morgan fingerprint density at radius 2 is 2.11 bits per heavy atom. The third-order valence-corrected chi connectivity index (χ3v) is 3.20. The molecule has 0 radical (unpaired) electrons. The molecule has 0 bridgehead atoms. The number of benzene rings is 1. The van der Waals surface area contributed by atoms with Gasteiger partial charge in [0.25, 0.3) is 0 Å². The Kier molecular flexibility index (Phi) is 4.16. The zero-order valence-corrected chi connectivity index (χ0v) is 11.1. The van der Waals surface area contributed by atoms with E-state index in [1.807, 2.05) is 37.3 Å². The first kappa shape index (κ1) is 13.5. The van der Waals surface area contributed by atoms with Crippen molar-refractivity contribution >= 4 is 17.5 Å². The van der Waals surface area contributed by atoms with Gasteiger partial charge in [0.05, 0.1) is 0 Å². The van der Waals surface area contributed by atoms with Gasteiger partial charge in [-0.3, -0.25) is 9.59 Å². The lowest BCUT2D eigenvalue weighted by Gasteiger charge is -2.21. The van der Waals surface area contributed by atoms with E-state index >= 15 is 0 Å². The number of carbonyl (C=O) groups is 2. The molecule has 0 unspecified atom stereocenters. The molecule has 5 nitrogen and oxygen atoms in total. The zero-order valence-electron chi connectivity index (χ0n) is 11.1. The van der Waals surface area contributed by atoms with Crippen LogP contribution in [0.15, 0.2) is 30.3 Å². The number of methoxy groups -OCH3 is 1. The van der Waals surface area contributed by atoms with Crippen LogP contribution in [0.5, 0.6) is 0 Å². The first-order valence-electron chi connectivity index (χ1n) is 6.30. The highest BCUT2D eigenvalue weighted by Crippen LogP contribution is 2.26. The zero-order chi connectivity index (χ0) is 13.8. The van der Waals surface area contributed by atoms with Crippen molar-refractivity contribution in [1.82, 2.24) is 5.32 Å². The number of para-hydroxylation sites is 1. The molecule has 19 heavy (non-hydrogen) atoms. The van der Waals surface area contributed by atoms with E-state index in [-0.39, 0.29) is 24.5 Å². The Balaban J connectivity index is 2.09. The summed E-state index contributed by atoms with van der Waals surface area (Å²) < 4.78 is 4.75. The fourth-order valence-electron chi connectivity index (χ4n) is 2.39. The maximum atomic E-state index is 12.3. The number of nitrogens with one attached hydrogen (secondary N) is 1. The SMILES string of the molecule is COCC(=O)N[C@H]1C[C@@H](C)N(c2ccccc2)C1=O. The smallest absolute Gasteiger partial charge is 0.249 e. The van der Waals surface area contributed by atoms with Gasteiger partial charge in [-0.1, -0.05) is 18.2 Å². The third kappa shape index (κ3) is 2.93. The van der Waals surface area contributed by atoms with Crippen LogP contribution in [0.1, 0.15) is 13.3 Å². The van der Waals surface area contributed by atoms with Gasteiger partial charge >= 0.3 is 0 Å². The highest BCUT2D eigenvalue weighted by Gasteiger charge is 2.38. The molecule has 0 spiro atoms. The molecule has 0 saturated carbocycles. The predicted octanol–water partition coefficient (Wildman–Crippen LogP) is 0.943. The minimum atomic E-state index is -0.460. The van der Waals surface area contributed by atoms with Gasteiger partial charge in [-0.25, -0.2) is 0 Å². The van der Waals surface area contributed by atoms with E-state index in [4.69, 9.17) is 4.74 Å². The maximum Gasteiger partial charge on any atom is 0.249 e. The van der Waals surface area contributed by atoms with Gasteiger partial charge in [-0.15, -0.1) is 0 Å². The monoisotopic (exact) mass is 262 g/mol. The summed E-state index contributed by atoms with van der Waals surface area (Å²) in [4.78, 5) is 25.5. The van der Waals surface area contributed by atoms with Crippen molar-refractivity contribution in [2.24, 2.45) is 0 Å². The Morgan fingerprint density at radius 1 is 1.42 bits per heavy atom. The molecule has 2 atom stereocenters. The molecule has 2 rings (SSSR count). The van der Waals surface area contributed by atoms with E-state index in [9.17, 15) is 9.59 Å². The molecule has 1 aliphatic heterocycles. The highest BCUT2D eigenvalue weighted by molar-refractivity contribution is 6.02. The van der Waals surface area contributed by atoms with E-state index in [2.05, 4.69) is 5.32 Å². The minimum absolute atomic E-state index is 0.0243. The van der Waals surface area contributed by atoms with E-state index in [0.29, 0.717) is 6.42 Å². The topological polar surface area (TPSA) is 58.6 Å². The van der Waals surface area contributed by atoms with Crippen LogP contribution in [-0.2, 0) is 14.3 Å². The van der Waals surface area contributed by atoms with Crippen molar-refractivity contribution in [1.29, 1.82) is 0 Å². The van der Waals surface area contributed by atoms with Crippen molar-refractivity contribution < 1.29 is 14.3 Å². The summed E-state index contributed by atoms with van der Waals surface area (Å²) >= 11 is 0. The van der Waals surface area contributed by atoms with Crippen molar-refractivity contribution in [2.75, 3.05) is 18.6 Å². The Morgan fingerprint density at radius 3 is 2.74 bits per heavy atom. The highest BCUT2D eigenvalue weighted by atomic mass is 16.5. The number of nitrogens with zero attached hydrogens (tertiary/aromatic N) is 1. The van der Waals surface area contributed by atoms with Crippen LogP contribution in [0, 0.1) is 0 Å². The molecule has 1 fully saturated rings. The van der Waals surface area contributed by atoms with Gasteiger partial charge in [0.1, 0.15) is 12.6 Å². The number of ether oxygens (including phenoxy) is 1. The van der Waals surface area contributed by atoms with E-state index in [1.54, 1.807) is 4.90 Å². The summed E-state index contributed by atoms with van der Waals surface area (Å²) in [5.41, 5.74) is 0.864. The molecule has 1 N–H and O–H groups in total. The molecule has 2 amide bonds. The second-order valence-corrected chi connectivity index (χ2v) is 4.68. The predicted molar refractivity (Wildman–Crippen MR) is 71.8 cm³/mol. The molecule has 1 saturated heterocycles. The summed E-state index contributed by atoms with van der Waals surface area (Å²) in [6, 6.07) is 9.10. The van der Waals surface area contributed by atoms with Crippen LogP contribution in [0.25, 0.3) is 0 Å². The van der Waals surface area contributed by atoms with Crippen LogP contribution in [0.2, 0.25) is 0 Å². The molecular weight excluding hydrogens is 244 g/mol. The molecule has 102 valence electrons. The van der Waals surface area contributed by atoms with Crippen molar-refractivity contribution in [3.05, 3.63) is 30.3 Å². The summed E-state index contributed by atoms with van der Waals surface area (Å²) in [5, 5.41) is 2.70. The fourth-order valence-corrected chi connectivity index (χ4v) is 2.39. The minimum Gasteiger partial charge on any atom is -0.375 e. The van der Waals surface area contributed by atoms with Crippen molar-refractivity contribution in [3.8, 4) is 0 Å². The largest absolute Gasteiger partial charge is 0.375 e. The Hall–Kier alpha value is -1.88. The van der Waals surface area contributed by atoms with Gasteiger partial charge in [0.2, 0.25) is 11.8 Å². The molecule has 1 heterocycles. The van der Waals surface area contributed by atoms with Crippen LogP contribution in [-0.4, -0.2) is 37.6 Å². The molecule has 0 aliphatic carbocycles. The Labute approximate surface area is 112 Å². The number of carbonyl (C=O) groups excluding carboxylic acids is 2. The van der Waals surface area contributed by atoms with Gasteiger partial charge in [0.15, 0.2) is 0 Å². The second-order valence-electron chi connectivity index (χ2n) is 4.68. The van der Waals surface area contributed by atoms with Gasteiger partial charge in [-0.05, 0) is 25.5 Å². The number of rotatable bonds is 4. The number of hydrogen-bond donors (Lipinski definition) is 1. The fraction of sp³-hybridized carbons (Fsp3) is 0.429. The first-order valence-corrected chi connectivity index (χ1v) is 6.30. The van der Waals surface area contributed by atoms with E-state index < -0.39 is 6.04 Å². The average Bonchev–Trinajstić information content (AvgIpc) is 2.66. The van der Waals surface area contributed by atoms with Crippen LogP contribution in [0.4, 0.5) is 5.69 Å². The second kappa shape index (κ2) is 5.84.